The van der Waals surface area contributed by atoms with E-state index in [1.165, 1.54) is 6.07 Å². The fraction of sp³-hybridized carbons (Fsp3) is 0.500. The molecule has 6 heteroatoms. The first-order valence-corrected chi connectivity index (χ1v) is 7.37. The monoisotopic (exact) mass is 307 g/mol. The Bertz CT molecular complexity index is 628. The van der Waals surface area contributed by atoms with Crippen molar-refractivity contribution in [3.63, 3.8) is 0 Å². The van der Waals surface area contributed by atoms with Gasteiger partial charge in [-0.25, -0.2) is 4.39 Å². The minimum atomic E-state index is -0.344. The minimum absolute atomic E-state index is 0.0738. The van der Waals surface area contributed by atoms with Crippen molar-refractivity contribution in [3.8, 4) is 11.4 Å². The summed E-state index contributed by atoms with van der Waals surface area (Å²) in [6.07, 6.45) is 0.328. The quantitative estimate of drug-likeness (QED) is 0.889. The van der Waals surface area contributed by atoms with Gasteiger partial charge in [-0.15, -0.1) is 0 Å². The number of aliphatic hydroxyl groups is 1. The Morgan fingerprint density at radius 3 is 2.73 bits per heavy atom. The second-order valence-corrected chi connectivity index (χ2v) is 5.71. The molecule has 1 heterocycles. The number of aliphatic hydroxyl groups excluding tert-OH is 1. The van der Waals surface area contributed by atoms with Gasteiger partial charge in [-0.3, -0.25) is 4.90 Å². The van der Waals surface area contributed by atoms with Crippen LogP contribution in [0.3, 0.4) is 0 Å². The van der Waals surface area contributed by atoms with Crippen LogP contribution in [0.2, 0.25) is 0 Å². The third-order valence-electron chi connectivity index (χ3n) is 3.79. The lowest BCUT2D eigenvalue weighted by molar-refractivity contribution is 0.143. The van der Waals surface area contributed by atoms with Crippen LogP contribution in [0, 0.1) is 12.7 Å². The molecular weight excluding hydrogens is 285 g/mol. The van der Waals surface area contributed by atoms with Gasteiger partial charge in [0.1, 0.15) is 5.82 Å². The summed E-state index contributed by atoms with van der Waals surface area (Å²) < 4.78 is 18.9. The Hall–Kier alpha value is -1.79. The number of aromatic nitrogens is 2. The van der Waals surface area contributed by atoms with Crippen LogP contribution in [0.25, 0.3) is 11.4 Å². The molecule has 0 aliphatic heterocycles. The van der Waals surface area contributed by atoms with E-state index in [1.54, 1.807) is 26.0 Å². The van der Waals surface area contributed by atoms with Crippen LogP contribution >= 0.6 is 0 Å². The fourth-order valence-electron chi connectivity index (χ4n) is 2.03. The van der Waals surface area contributed by atoms with Gasteiger partial charge in [-0.2, -0.15) is 4.98 Å². The van der Waals surface area contributed by atoms with Gasteiger partial charge in [0.2, 0.25) is 11.7 Å². The van der Waals surface area contributed by atoms with Crippen molar-refractivity contribution in [3.05, 3.63) is 35.5 Å². The first-order chi connectivity index (χ1) is 10.4. The first-order valence-electron chi connectivity index (χ1n) is 7.37. The molecular formula is C16H22FN3O2. The summed E-state index contributed by atoms with van der Waals surface area (Å²) in [5.74, 6) is 0.569. The molecule has 0 saturated heterocycles. The SMILES string of the molecule is Cc1ccc(-c2noc(C(C)N(C)CCC(C)O)n2)cc1F. The van der Waals surface area contributed by atoms with Gasteiger partial charge in [0, 0.05) is 12.1 Å². The van der Waals surface area contributed by atoms with E-state index in [0.717, 1.165) is 6.54 Å². The number of benzene rings is 1. The molecule has 2 aromatic rings. The van der Waals surface area contributed by atoms with Crippen LogP contribution < -0.4 is 0 Å². The highest BCUT2D eigenvalue weighted by molar-refractivity contribution is 5.54. The zero-order valence-corrected chi connectivity index (χ0v) is 13.4. The molecule has 5 nitrogen and oxygen atoms in total. The van der Waals surface area contributed by atoms with Gasteiger partial charge >= 0.3 is 0 Å². The topological polar surface area (TPSA) is 62.4 Å². The zero-order valence-electron chi connectivity index (χ0n) is 13.4. The van der Waals surface area contributed by atoms with E-state index in [0.29, 0.717) is 29.3 Å². The number of aryl methyl sites for hydroxylation is 1. The van der Waals surface area contributed by atoms with Crippen molar-refractivity contribution < 1.29 is 14.0 Å². The Balaban J connectivity index is 2.11. The lowest BCUT2D eigenvalue weighted by atomic mass is 10.1. The Morgan fingerprint density at radius 1 is 1.36 bits per heavy atom. The number of halogens is 1. The Kier molecular flexibility index (Phi) is 5.26. The van der Waals surface area contributed by atoms with E-state index in [-0.39, 0.29) is 18.0 Å². The maximum atomic E-state index is 13.6. The molecule has 120 valence electrons. The first kappa shape index (κ1) is 16.6. The highest BCUT2D eigenvalue weighted by Crippen LogP contribution is 2.23. The van der Waals surface area contributed by atoms with E-state index in [2.05, 4.69) is 10.1 Å². The molecule has 0 aliphatic rings. The highest BCUT2D eigenvalue weighted by Gasteiger charge is 2.19. The fourth-order valence-corrected chi connectivity index (χ4v) is 2.03. The number of nitrogens with zero attached hydrogens (tertiary/aromatic N) is 3. The van der Waals surface area contributed by atoms with Crippen LogP contribution in [0.15, 0.2) is 22.7 Å². The molecule has 2 rings (SSSR count). The Labute approximate surface area is 129 Å². The maximum Gasteiger partial charge on any atom is 0.244 e. The molecule has 0 amide bonds. The summed E-state index contributed by atoms with van der Waals surface area (Å²) in [4.78, 5) is 6.38. The normalized spacial score (nSPS) is 14.3. The molecule has 0 saturated carbocycles. The molecule has 1 aromatic heterocycles. The summed E-state index contributed by atoms with van der Waals surface area (Å²) in [6.45, 7) is 6.14. The van der Waals surface area contributed by atoms with Crippen molar-refractivity contribution >= 4 is 0 Å². The number of rotatable bonds is 6. The molecule has 2 atom stereocenters. The van der Waals surface area contributed by atoms with Gasteiger partial charge in [0.15, 0.2) is 0 Å². The summed E-state index contributed by atoms with van der Waals surface area (Å²) in [5, 5.41) is 13.3. The van der Waals surface area contributed by atoms with Gasteiger partial charge in [0.25, 0.3) is 0 Å². The van der Waals surface area contributed by atoms with Crippen LogP contribution in [0.1, 0.15) is 37.8 Å². The van der Waals surface area contributed by atoms with Gasteiger partial charge in [-0.1, -0.05) is 17.3 Å². The van der Waals surface area contributed by atoms with Crippen molar-refractivity contribution in [2.45, 2.75) is 39.3 Å². The van der Waals surface area contributed by atoms with Gasteiger partial charge in [0.05, 0.1) is 12.1 Å². The van der Waals surface area contributed by atoms with Crippen LogP contribution in [0.4, 0.5) is 4.39 Å². The van der Waals surface area contributed by atoms with Crippen molar-refractivity contribution in [1.29, 1.82) is 0 Å². The molecule has 22 heavy (non-hydrogen) atoms. The average Bonchev–Trinajstić information content (AvgIpc) is 2.96. The van der Waals surface area contributed by atoms with E-state index in [1.807, 2.05) is 18.9 Å². The third-order valence-corrected chi connectivity index (χ3v) is 3.79. The molecule has 0 fully saturated rings. The third kappa shape index (κ3) is 3.90. The smallest absolute Gasteiger partial charge is 0.244 e. The predicted octanol–water partition coefficient (Wildman–Crippen LogP) is 2.95. The van der Waals surface area contributed by atoms with Gasteiger partial charge in [-0.05, 0) is 45.9 Å². The lowest BCUT2D eigenvalue weighted by Crippen LogP contribution is -2.26. The molecule has 1 N–H and O–H groups in total. The molecule has 2 unspecified atom stereocenters. The average molecular weight is 307 g/mol. The van der Waals surface area contributed by atoms with Crippen molar-refractivity contribution in [2.75, 3.05) is 13.6 Å². The lowest BCUT2D eigenvalue weighted by Gasteiger charge is -2.21. The van der Waals surface area contributed by atoms with Crippen LogP contribution in [0.5, 0.6) is 0 Å². The second-order valence-electron chi connectivity index (χ2n) is 5.71. The standard InChI is InChI=1S/C16H22FN3O2/c1-10-5-6-13(9-14(10)17)15-18-16(22-19-15)12(3)20(4)8-7-11(2)21/h5-6,9,11-12,21H,7-8H2,1-4H3. The summed E-state index contributed by atoms with van der Waals surface area (Å²) in [5.41, 5.74) is 1.18. The molecule has 0 aliphatic carbocycles. The van der Waals surface area contributed by atoms with E-state index >= 15 is 0 Å². The molecule has 0 bridgehead atoms. The van der Waals surface area contributed by atoms with E-state index in [4.69, 9.17) is 4.52 Å². The van der Waals surface area contributed by atoms with E-state index in [9.17, 15) is 9.50 Å². The highest BCUT2D eigenvalue weighted by atomic mass is 19.1. The summed E-state index contributed by atoms with van der Waals surface area (Å²) >= 11 is 0. The molecule has 0 spiro atoms. The number of hydrogen-bond donors (Lipinski definition) is 1. The largest absolute Gasteiger partial charge is 0.393 e. The molecule has 1 aromatic carbocycles. The predicted molar refractivity (Wildman–Crippen MR) is 81.8 cm³/mol. The van der Waals surface area contributed by atoms with Crippen molar-refractivity contribution in [2.24, 2.45) is 0 Å². The maximum absolute atomic E-state index is 13.6. The summed E-state index contributed by atoms with van der Waals surface area (Å²) in [7, 11) is 1.93. The summed E-state index contributed by atoms with van der Waals surface area (Å²) in [6, 6.07) is 4.80. The Morgan fingerprint density at radius 2 is 2.09 bits per heavy atom. The van der Waals surface area contributed by atoms with Crippen LogP contribution in [-0.4, -0.2) is 39.8 Å². The molecule has 0 radical (unpaired) electrons. The number of hydrogen-bond acceptors (Lipinski definition) is 5. The van der Waals surface area contributed by atoms with Gasteiger partial charge < -0.3 is 9.63 Å². The minimum Gasteiger partial charge on any atom is -0.393 e. The zero-order chi connectivity index (χ0) is 16.3. The van der Waals surface area contributed by atoms with Crippen molar-refractivity contribution in [1.82, 2.24) is 15.0 Å². The second kappa shape index (κ2) is 6.98. The van der Waals surface area contributed by atoms with E-state index < -0.39 is 0 Å². The van der Waals surface area contributed by atoms with Crippen LogP contribution in [-0.2, 0) is 0 Å².